The summed E-state index contributed by atoms with van der Waals surface area (Å²) >= 11 is 0. The summed E-state index contributed by atoms with van der Waals surface area (Å²) in [4.78, 5) is 10.9. The van der Waals surface area contributed by atoms with Crippen LogP contribution in [0.1, 0.15) is 20.8 Å². The van der Waals surface area contributed by atoms with E-state index in [1.54, 1.807) is 12.1 Å². The molecule has 0 aliphatic carbocycles. The minimum atomic E-state index is -0.0925. The number of nitrogens with one attached hydrogen (secondary N) is 1. The van der Waals surface area contributed by atoms with Gasteiger partial charge in [0.05, 0.1) is 39.1 Å². The minimum Gasteiger partial charge on any atom is -0.491 e. The van der Waals surface area contributed by atoms with Crippen molar-refractivity contribution in [1.82, 2.24) is 0 Å². The Balaban J connectivity index is 1.97. The van der Waals surface area contributed by atoms with Crippen LogP contribution < -0.4 is 10.1 Å². The first-order valence-electron chi connectivity index (χ1n) is 7.85. The highest BCUT2D eigenvalue weighted by atomic mass is 16.6. The van der Waals surface area contributed by atoms with Gasteiger partial charge in [0.25, 0.3) is 0 Å². The molecule has 0 unspecified atom stereocenters. The van der Waals surface area contributed by atoms with Gasteiger partial charge in [-0.25, -0.2) is 0 Å². The molecule has 0 heterocycles. The first kappa shape index (κ1) is 19.4. The van der Waals surface area contributed by atoms with Gasteiger partial charge in [-0.05, 0) is 38.1 Å². The van der Waals surface area contributed by atoms with E-state index in [1.165, 1.54) is 6.92 Å². The van der Waals surface area contributed by atoms with Gasteiger partial charge in [0.15, 0.2) is 0 Å². The molecule has 0 atom stereocenters. The number of carbonyl (C=O) groups excluding carboxylic acids is 1. The van der Waals surface area contributed by atoms with Crippen LogP contribution in [0.5, 0.6) is 5.75 Å². The molecule has 6 heteroatoms. The number of amides is 1. The Hall–Kier alpha value is -1.63. The van der Waals surface area contributed by atoms with Gasteiger partial charge in [-0.15, -0.1) is 0 Å². The second-order valence-corrected chi connectivity index (χ2v) is 5.20. The van der Waals surface area contributed by atoms with Crippen molar-refractivity contribution < 1.29 is 23.7 Å². The lowest BCUT2D eigenvalue weighted by Crippen LogP contribution is -2.14. The molecule has 1 amide bonds. The van der Waals surface area contributed by atoms with Gasteiger partial charge in [-0.1, -0.05) is 0 Å². The average molecular weight is 325 g/mol. The fourth-order valence-electron chi connectivity index (χ4n) is 1.72. The molecule has 130 valence electrons. The highest BCUT2D eigenvalue weighted by Crippen LogP contribution is 2.15. The number of anilines is 1. The van der Waals surface area contributed by atoms with Crippen LogP contribution >= 0.6 is 0 Å². The zero-order chi connectivity index (χ0) is 16.9. The van der Waals surface area contributed by atoms with E-state index in [0.717, 1.165) is 11.4 Å². The summed E-state index contributed by atoms with van der Waals surface area (Å²) in [5.41, 5.74) is 0.750. The predicted molar refractivity (Wildman–Crippen MR) is 89.0 cm³/mol. The lowest BCUT2D eigenvalue weighted by molar-refractivity contribution is -0.114. The summed E-state index contributed by atoms with van der Waals surface area (Å²) in [6, 6.07) is 7.21. The topological polar surface area (TPSA) is 66.0 Å². The molecule has 0 spiro atoms. The van der Waals surface area contributed by atoms with E-state index in [9.17, 15) is 4.79 Å². The van der Waals surface area contributed by atoms with E-state index in [2.05, 4.69) is 5.32 Å². The summed E-state index contributed by atoms with van der Waals surface area (Å²) in [5.74, 6) is 0.648. The Bertz CT molecular complexity index is 433. The second-order valence-electron chi connectivity index (χ2n) is 5.20. The van der Waals surface area contributed by atoms with E-state index in [0.29, 0.717) is 39.6 Å². The molecule has 23 heavy (non-hydrogen) atoms. The number of benzene rings is 1. The van der Waals surface area contributed by atoms with Crippen molar-refractivity contribution >= 4 is 11.6 Å². The maximum atomic E-state index is 10.9. The molecular weight excluding hydrogens is 298 g/mol. The molecule has 0 fully saturated rings. The van der Waals surface area contributed by atoms with Gasteiger partial charge >= 0.3 is 0 Å². The van der Waals surface area contributed by atoms with Gasteiger partial charge in [-0.3, -0.25) is 4.79 Å². The first-order chi connectivity index (χ1) is 11.1. The monoisotopic (exact) mass is 325 g/mol. The standard InChI is InChI=1S/C17H27NO5/c1-14(2)22-12-10-20-8-9-21-11-13-23-17-6-4-16(5-7-17)18-15(3)19/h4-7,14H,8-13H2,1-3H3,(H,18,19). The van der Waals surface area contributed by atoms with Crippen molar-refractivity contribution in [3.8, 4) is 5.75 Å². The van der Waals surface area contributed by atoms with Gasteiger partial charge in [-0.2, -0.15) is 0 Å². The molecule has 0 aliphatic rings. The minimum absolute atomic E-state index is 0.0925. The quantitative estimate of drug-likeness (QED) is 0.598. The van der Waals surface area contributed by atoms with Gasteiger partial charge < -0.3 is 24.3 Å². The summed E-state index contributed by atoms with van der Waals surface area (Å²) in [7, 11) is 0. The lowest BCUT2D eigenvalue weighted by Gasteiger charge is -2.09. The molecule has 0 aliphatic heterocycles. The number of rotatable bonds is 12. The molecule has 0 radical (unpaired) electrons. The molecule has 1 aromatic rings. The fraction of sp³-hybridized carbons (Fsp3) is 0.588. The van der Waals surface area contributed by atoms with Crippen LogP contribution in [-0.2, 0) is 19.0 Å². The van der Waals surface area contributed by atoms with Crippen LogP contribution in [0.25, 0.3) is 0 Å². The molecule has 1 N–H and O–H groups in total. The molecule has 0 aromatic heterocycles. The summed E-state index contributed by atoms with van der Waals surface area (Å²) < 4.78 is 21.7. The molecule has 0 saturated carbocycles. The molecule has 0 saturated heterocycles. The van der Waals surface area contributed by atoms with Crippen LogP contribution in [0, 0.1) is 0 Å². The summed E-state index contributed by atoms with van der Waals surface area (Å²) in [5, 5.41) is 2.70. The van der Waals surface area contributed by atoms with E-state index in [4.69, 9.17) is 18.9 Å². The molecule has 1 aromatic carbocycles. The normalized spacial score (nSPS) is 10.8. The molecule has 1 rings (SSSR count). The largest absolute Gasteiger partial charge is 0.491 e. The number of hydrogen-bond donors (Lipinski definition) is 1. The maximum Gasteiger partial charge on any atom is 0.221 e. The number of carbonyl (C=O) groups is 1. The van der Waals surface area contributed by atoms with E-state index in [-0.39, 0.29) is 12.0 Å². The first-order valence-corrected chi connectivity index (χ1v) is 7.85. The zero-order valence-electron chi connectivity index (χ0n) is 14.2. The summed E-state index contributed by atoms with van der Waals surface area (Å²) in [6.45, 7) is 8.71. The maximum absolute atomic E-state index is 10.9. The number of hydrogen-bond acceptors (Lipinski definition) is 5. The van der Waals surface area contributed by atoms with Crippen LogP contribution in [-0.4, -0.2) is 51.7 Å². The van der Waals surface area contributed by atoms with Crippen LogP contribution in [0.3, 0.4) is 0 Å². The Morgan fingerprint density at radius 1 is 0.957 bits per heavy atom. The van der Waals surface area contributed by atoms with Crippen molar-refractivity contribution in [2.45, 2.75) is 26.9 Å². The van der Waals surface area contributed by atoms with Crippen molar-refractivity contribution in [2.24, 2.45) is 0 Å². The van der Waals surface area contributed by atoms with Crippen LogP contribution in [0.4, 0.5) is 5.69 Å². The SMILES string of the molecule is CC(=O)Nc1ccc(OCCOCCOCCOC(C)C)cc1. The zero-order valence-corrected chi connectivity index (χ0v) is 14.2. The second kappa shape index (κ2) is 11.9. The van der Waals surface area contributed by atoms with Crippen molar-refractivity contribution in [3.63, 3.8) is 0 Å². The Morgan fingerprint density at radius 2 is 1.52 bits per heavy atom. The highest BCUT2D eigenvalue weighted by molar-refractivity contribution is 5.88. The molecule has 6 nitrogen and oxygen atoms in total. The molecular formula is C17H27NO5. The Kier molecular flexibility index (Phi) is 10.0. The third kappa shape index (κ3) is 10.7. The smallest absolute Gasteiger partial charge is 0.221 e. The third-order valence-corrected chi connectivity index (χ3v) is 2.72. The van der Waals surface area contributed by atoms with Gasteiger partial charge in [0.2, 0.25) is 5.91 Å². The average Bonchev–Trinajstić information content (AvgIpc) is 2.50. The van der Waals surface area contributed by atoms with Crippen molar-refractivity contribution in [2.75, 3.05) is 45.0 Å². The Morgan fingerprint density at radius 3 is 2.09 bits per heavy atom. The highest BCUT2D eigenvalue weighted by Gasteiger charge is 1.98. The predicted octanol–water partition coefficient (Wildman–Crippen LogP) is 2.48. The fourth-order valence-corrected chi connectivity index (χ4v) is 1.72. The van der Waals surface area contributed by atoms with Gasteiger partial charge in [0.1, 0.15) is 12.4 Å². The van der Waals surface area contributed by atoms with Crippen molar-refractivity contribution in [3.05, 3.63) is 24.3 Å². The molecule has 0 bridgehead atoms. The van der Waals surface area contributed by atoms with Crippen LogP contribution in [0.2, 0.25) is 0 Å². The summed E-state index contributed by atoms with van der Waals surface area (Å²) in [6.07, 6.45) is 0.235. The van der Waals surface area contributed by atoms with E-state index >= 15 is 0 Å². The van der Waals surface area contributed by atoms with Gasteiger partial charge in [0, 0.05) is 12.6 Å². The third-order valence-electron chi connectivity index (χ3n) is 2.72. The van der Waals surface area contributed by atoms with E-state index in [1.807, 2.05) is 26.0 Å². The van der Waals surface area contributed by atoms with Crippen molar-refractivity contribution in [1.29, 1.82) is 0 Å². The van der Waals surface area contributed by atoms with E-state index < -0.39 is 0 Å². The van der Waals surface area contributed by atoms with Crippen LogP contribution in [0.15, 0.2) is 24.3 Å². The number of ether oxygens (including phenoxy) is 4. The Labute approximate surface area is 138 Å². The lowest BCUT2D eigenvalue weighted by atomic mass is 10.3.